The summed E-state index contributed by atoms with van der Waals surface area (Å²) in [7, 11) is 0. The molecule has 0 spiro atoms. The minimum absolute atomic E-state index is 0.0598. The van der Waals surface area contributed by atoms with Gasteiger partial charge in [0.05, 0.1) is 24.4 Å². The third-order valence-electron chi connectivity index (χ3n) is 8.07. The van der Waals surface area contributed by atoms with E-state index in [0.29, 0.717) is 30.6 Å². The first-order chi connectivity index (χ1) is 16.3. The van der Waals surface area contributed by atoms with E-state index in [9.17, 15) is 9.59 Å². The number of aromatic nitrogens is 2. The van der Waals surface area contributed by atoms with Crippen LogP contribution < -0.4 is 10.1 Å². The number of fused-ring (bicyclic) bond motifs is 3. The summed E-state index contributed by atoms with van der Waals surface area (Å²) in [5.74, 6) is 1.13. The summed E-state index contributed by atoms with van der Waals surface area (Å²) < 4.78 is 5.54. The molecular formula is C25H32N6O3. The summed E-state index contributed by atoms with van der Waals surface area (Å²) in [6, 6.07) is 6.21. The first-order valence-electron chi connectivity index (χ1n) is 12.3. The SMILES string of the molecule is C[C@H]1CN2CCC[C@H]2CN1C(=O)N1Cc2c(NC(=O)c3ccc4c(c3)CCO4)n[nH]c2C1(C)C. The fourth-order valence-corrected chi connectivity index (χ4v) is 6.04. The van der Waals surface area contributed by atoms with Crippen LogP contribution in [0.2, 0.25) is 0 Å². The van der Waals surface area contributed by atoms with E-state index in [1.165, 1.54) is 6.42 Å². The zero-order valence-corrected chi connectivity index (χ0v) is 20.1. The number of nitrogens with one attached hydrogen (secondary N) is 2. The van der Waals surface area contributed by atoms with Gasteiger partial charge in [-0.25, -0.2) is 4.79 Å². The Labute approximate surface area is 199 Å². The highest BCUT2D eigenvalue weighted by molar-refractivity contribution is 6.04. The molecule has 9 heteroatoms. The van der Waals surface area contributed by atoms with Gasteiger partial charge in [0, 0.05) is 42.7 Å². The Morgan fingerprint density at radius 3 is 2.97 bits per heavy atom. The predicted octanol–water partition coefficient (Wildman–Crippen LogP) is 2.94. The Morgan fingerprint density at radius 2 is 2.12 bits per heavy atom. The molecule has 0 radical (unpaired) electrons. The van der Waals surface area contributed by atoms with E-state index in [1.54, 1.807) is 6.07 Å². The van der Waals surface area contributed by atoms with Crippen molar-refractivity contribution < 1.29 is 14.3 Å². The zero-order chi connectivity index (χ0) is 23.6. The van der Waals surface area contributed by atoms with E-state index in [2.05, 4.69) is 27.3 Å². The average molecular weight is 465 g/mol. The molecular weight excluding hydrogens is 432 g/mol. The largest absolute Gasteiger partial charge is 0.493 e. The molecule has 1 aromatic heterocycles. The van der Waals surface area contributed by atoms with E-state index in [-0.39, 0.29) is 18.0 Å². The van der Waals surface area contributed by atoms with Gasteiger partial charge in [-0.1, -0.05) is 0 Å². The molecule has 0 bridgehead atoms. The Hall–Kier alpha value is -3.07. The second-order valence-electron chi connectivity index (χ2n) is 10.5. The lowest BCUT2D eigenvalue weighted by Gasteiger charge is -2.45. The number of urea groups is 1. The predicted molar refractivity (Wildman–Crippen MR) is 127 cm³/mol. The number of hydrogen-bond donors (Lipinski definition) is 2. The number of carbonyl (C=O) groups is 2. The van der Waals surface area contributed by atoms with E-state index in [4.69, 9.17) is 4.74 Å². The molecule has 2 N–H and O–H groups in total. The maximum Gasteiger partial charge on any atom is 0.321 e. The molecule has 3 amide bonds. The lowest BCUT2D eigenvalue weighted by atomic mass is 10.0. The second-order valence-corrected chi connectivity index (χ2v) is 10.5. The van der Waals surface area contributed by atoms with Crippen molar-refractivity contribution in [1.29, 1.82) is 0 Å². The summed E-state index contributed by atoms with van der Waals surface area (Å²) in [6.07, 6.45) is 3.19. The van der Waals surface area contributed by atoms with Crippen LogP contribution in [0.3, 0.4) is 0 Å². The van der Waals surface area contributed by atoms with Crippen LogP contribution in [0.15, 0.2) is 18.2 Å². The third kappa shape index (κ3) is 3.28. The summed E-state index contributed by atoms with van der Waals surface area (Å²) >= 11 is 0. The first-order valence-corrected chi connectivity index (χ1v) is 12.3. The van der Waals surface area contributed by atoms with Crippen LogP contribution in [0, 0.1) is 0 Å². The number of rotatable bonds is 2. The van der Waals surface area contributed by atoms with Gasteiger partial charge < -0.3 is 19.9 Å². The lowest BCUT2D eigenvalue weighted by molar-refractivity contribution is 0.0454. The second kappa shape index (κ2) is 7.73. The summed E-state index contributed by atoms with van der Waals surface area (Å²) in [5, 5.41) is 10.5. The molecule has 2 atom stereocenters. The van der Waals surface area contributed by atoms with Crippen LogP contribution in [0.4, 0.5) is 10.6 Å². The molecule has 1 aromatic carbocycles. The van der Waals surface area contributed by atoms with Crippen molar-refractivity contribution in [2.24, 2.45) is 0 Å². The number of amides is 3. The van der Waals surface area contributed by atoms with Crippen molar-refractivity contribution in [3.63, 3.8) is 0 Å². The number of anilines is 1. The van der Waals surface area contributed by atoms with Crippen LogP contribution in [-0.2, 0) is 18.5 Å². The van der Waals surface area contributed by atoms with Crippen molar-refractivity contribution in [3.05, 3.63) is 40.6 Å². The van der Waals surface area contributed by atoms with Crippen molar-refractivity contribution in [1.82, 2.24) is 24.9 Å². The first kappa shape index (κ1) is 21.5. The highest BCUT2D eigenvalue weighted by Gasteiger charge is 2.47. The van der Waals surface area contributed by atoms with Gasteiger partial charge >= 0.3 is 6.03 Å². The van der Waals surface area contributed by atoms with E-state index >= 15 is 0 Å². The minimum Gasteiger partial charge on any atom is -0.493 e. The molecule has 180 valence electrons. The molecule has 0 aliphatic carbocycles. The van der Waals surface area contributed by atoms with Gasteiger partial charge in [-0.15, -0.1) is 0 Å². The maximum atomic E-state index is 13.7. The summed E-state index contributed by atoms with van der Waals surface area (Å²) in [4.78, 5) is 33.2. The van der Waals surface area contributed by atoms with E-state index < -0.39 is 5.54 Å². The highest BCUT2D eigenvalue weighted by atomic mass is 16.5. The van der Waals surface area contributed by atoms with Gasteiger partial charge in [0.15, 0.2) is 5.82 Å². The van der Waals surface area contributed by atoms with Crippen LogP contribution in [0.5, 0.6) is 5.75 Å². The number of hydrogen-bond acceptors (Lipinski definition) is 5. The molecule has 5 heterocycles. The van der Waals surface area contributed by atoms with Crippen molar-refractivity contribution in [3.8, 4) is 5.75 Å². The van der Waals surface area contributed by atoms with Gasteiger partial charge in [0.25, 0.3) is 5.91 Å². The Balaban J connectivity index is 1.21. The van der Waals surface area contributed by atoms with Crippen LogP contribution in [-0.4, -0.2) is 75.2 Å². The fraction of sp³-hybridized carbons (Fsp3) is 0.560. The molecule has 9 nitrogen and oxygen atoms in total. The lowest BCUT2D eigenvalue weighted by Crippen LogP contribution is -2.60. The summed E-state index contributed by atoms with van der Waals surface area (Å²) in [6.45, 7) is 10.2. The smallest absolute Gasteiger partial charge is 0.321 e. The normalized spacial score (nSPS) is 25.0. The number of ether oxygens (including phenoxy) is 1. The van der Waals surface area contributed by atoms with Gasteiger partial charge in [0.2, 0.25) is 0 Å². The number of benzene rings is 1. The van der Waals surface area contributed by atoms with Crippen LogP contribution in [0.25, 0.3) is 0 Å². The van der Waals surface area contributed by atoms with Crippen molar-refractivity contribution in [2.75, 3.05) is 31.6 Å². The Bertz CT molecular complexity index is 1160. The van der Waals surface area contributed by atoms with Gasteiger partial charge in [-0.2, -0.15) is 5.10 Å². The number of H-pyrrole nitrogens is 1. The molecule has 0 unspecified atom stereocenters. The quantitative estimate of drug-likeness (QED) is 0.713. The molecule has 34 heavy (non-hydrogen) atoms. The standard InChI is InChI=1S/C25H32N6O3/c1-15-12-29-9-4-5-18(29)13-30(15)24(33)31-14-19-21(25(31,2)3)27-28-22(19)26-23(32)17-6-7-20-16(11-17)8-10-34-20/h6-7,11,15,18H,4-5,8-10,12-14H2,1-3H3,(H2,26,27,28,32)/t15-,18-/m0/s1. The Morgan fingerprint density at radius 1 is 1.26 bits per heavy atom. The molecule has 4 aliphatic rings. The highest BCUT2D eigenvalue weighted by Crippen LogP contribution is 2.42. The maximum absolute atomic E-state index is 13.7. The Kier molecular flexibility index (Phi) is 4.88. The van der Waals surface area contributed by atoms with E-state index in [1.807, 2.05) is 35.8 Å². The zero-order valence-electron chi connectivity index (χ0n) is 20.1. The fourth-order valence-electron chi connectivity index (χ4n) is 6.04. The number of nitrogens with zero attached hydrogens (tertiary/aromatic N) is 4. The minimum atomic E-state index is -0.542. The number of piperazine rings is 1. The third-order valence-corrected chi connectivity index (χ3v) is 8.07. The van der Waals surface area contributed by atoms with Gasteiger partial charge in [0.1, 0.15) is 5.75 Å². The van der Waals surface area contributed by atoms with Gasteiger partial charge in [-0.05, 0) is 63.9 Å². The topological polar surface area (TPSA) is 93.8 Å². The van der Waals surface area contributed by atoms with Crippen molar-refractivity contribution in [2.45, 2.75) is 64.2 Å². The monoisotopic (exact) mass is 464 g/mol. The van der Waals surface area contributed by atoms with Crippen LogP contribution in [0.1, 0.15) is 60.8 Å². The molecule has 2 saturated heterocycles. The van der Waals surface area contributed by atoms with Crippen molar-refractivity contribution >= 4 is 17.8 Å². The van der Waals surface area contributed by atoms with E-state index in [0.717, 1.165) is 55.0 Å². The van der Waals surface area contributed by atoms with Crippen LogP contribution >= 0.6 is 0 Å². The molecule has 4 aliphatic heterocycles. The summed E-state index contributed by atoms with van der Waals surface area (Å²) in [5.41, 5.74) is 2.84. The number of carbonyl (C=O) groups excluding carboxylic acids is 2. The molecule has 0 saturated carbocycles. The van der Waals surface area contributed by atoms with Gasteiger partial charge in [-0.3, -0.25) is 14.8 Å². The molecule has 2 fully saturated rings. The molecule has 2 aromatic rings. The number of aromatic amines is 1. The molecule has 6 rings (SSSR count). The average Bonchev–Trinajstić information content (AvgIpc) is 3.58.